The molecule has 1 amide bonds. The number of rotatable bonds is 5. The van der Waals surface area contributed by atoms with Gasteiger partial charge >= 0.3 is 18.4 Å². The number of carboxylic acid groups (broad SMARTS) is 1. The van der Waals surface area contributed by atoms with E-state index in [9.17, 15) is 31.9 Å². The molecule has 36 heavy (non-hydrogen) atoms. The summed E-state index contributed by atoms with van der Waals surface area (Å²) in [5, 5.41) is 19.1. The molecule has 0 aliphatic carbocycles. The Labute approximate surface area is 202 Å². The molecule has 16 heteroatoms. The minimum atomic E-state index is -4.54. The van der Waals surface area contributed by atoms with Crippen molar-refractivity contribution in [2.45, 2.75) is 50.8 Å². The number of anilines is 2. The molecule has 3 heterocycles. The first-order chi connectivity index (χ1) is 16.7. The van der Waals surface area contributed by atoms with E-state index in [-0.39, 0.29) is 33.4 Å². The second-order valence-corrected chi connectivity index (χ2v) is 10.7. The number of nitrogens with zero attached hydrogens (tertiary/aromatic N) is 5. The van der Waals surface area contributed by atoms with Gasteiger partial charge in [-0.05, 0) is 45.9 Å². The molecule has 1 aromatic carbocycles. The topological polar surface area (TPSA) is 164 Å². The maximum Gasteiger partial charge on any atom is 0.434 e. The molecular formula is C20H22F2N6O7S. The Morgan fingerprint density at radius 3 is 2.56 bits per heavy atom. The Morgan fingerprint density at radius 1 is 1.33 bits per heavy atom. The number of carbonyl (C=O) groups is 1. The van der Waals surface area contributed by atoms with Gasteiger partial charge in [-0.25, -0.2) is 27.8 Å². The molecule has 0 saturated carbocycles. The highest BCUT2D eigenvalue weighted by Gasteiger charge is 2.40. The van der Waals surface area contributed by atoms with Crippen LogP contribution in [0.3, 0.4) is 0 Å². The van der Waals surface area contributed by atoms with Gasteiger partial charge in [0.15, 0.2) is 6.10 Å². The second-order valence-electron chi connectivity index (χ2n) is 8.87. The van der Waals surface area contributed by atoms with Gasteiger partial charge in [0, 0.05) is 5.54 Å². The van der Waals surface area contributed by atoms with Crippen molar-refractivity contribution in [2.75, 3.05) is 15.7 Å². The van der Waals surface area contributed by atoms with E-state index in [1.807, 2.05) is 0 Å². The predicted octanol–water partition coefficient (Wildman–Crippen LogP) is 2.87. The maximum atomic E-state index is 13.7. The van der Waals surface area contributed by atoms with E-state index in [1.54, 1.807) is 20.8 Å². The van der Waals surface area contributed by atoms with Crippen molar-refractivity contribution in [1.29, 1.82) is 0 Å². The third-order valence-corrected chi connectivity index (χ3v) is 7.18. The fraction of sp³-hybridized carbons (Fsp3) is 0.400. The number of alkyl halides is 2. The Hall–Kier alpha value is -3.95. The monoisotopic (exact) mass is 528 g/mol. The number of amides is 1. The Kier molecular flexibility index (Phi) is 6.02. The second kappa shape index (κ2) is 8.61. The molecule has 4 rings (SSSR count). The number of aromatic amines is 1. The number of ether oxygens (including phenoxy) is 1. The van der Waals surface area contributed by atoms with Crippen LogP contribution in [0.15, 0.2) is 38.5 Å². The van der Waals surface area contributed by atoms with E-state index in [4.69, 9.17) is 9.15 Å². The Bertz CT molecular complexity index is 1470. The lowest BCUT2D eigenvalue weighted by Crippen LogP contribution is -2.45. The average molecular weight is 528 g/mol. The van der Waals surface area contributed by atoms with E-state index in [2.05, 4.69) is 15.3 Å². The molecule has 2 N–H and O–H groups in total. The van der Waals surface area contributed by atoms with Crippen molar-refractivity contribution in [3.8, 4) is 5.75 Å². The molecule has 194 valence electrons. The van der Waals surface area contributed by atoms with Gasteiger partial charge in [0.25, 0.3) is 15.9 Å². The molecular weight excluding hydrogens is 506 g/mol. The zero-order valence-electron chi connectivity index (χ0n) is 19.5. The first kappa shape index (κ1) is 25.2. The summed E-state index contributed by atoms with van der Waals surface area (Å²) in [7, 11) is -4.54. The van der Waals surface area contributed by atoms with Crippen LogP contribution in [0, 0.1) is 6.92 Å². The molecule has 0 radical (unpaired) electrons. The molecule has 1 aliphatic rings. The number of benzene rings is 1. The summed E-state index contributed by atoms with van der Waals surface area (Å²) < 4.78 is 65.7. The van der Waals surface area contributed by atoms with E-state index in [1.165, 1.54) is 25.1 Å². The lowest BCUT2D eigenvalue weighted by Gasteiger charge is -2.37. The van der Waals surface area contributed by atoms with Crippen LogP contribution in [0.2, 0.25) is 0 Å². The number of sulfonamides is 1. The van der Waals surface area contributed by atoms with Gasteiger partial charge in [-0.2, -0.15) is 13.9 Å². The summed E-state index contributed by atoms with van der Waals surface area (Å²) in [5.41, 5.74) is -0.984. The lowest BCUT2D eigenvalue weighted by atomic mass is 10.0. The number of hydrogen-bond acceptors (Lipinski definition) is 8. The summed E-state index contributed by atoms with van der Waals surface area (Å²) >= 11 is 0. The minimum absolute atomic E-state index is 0.00220. The molecule has 1 atom stereocenters. The van der Waals surface area contributed by atoms with Crippen LogP contribution in [0.4, 0.5) is 25.0 Å². The Balaban J connectivity index is 1.89. The molecule has 2 aromatic heterocycles. The van der Waals surface area contributed by atoms with Crippen molar-refractivity contribution in [2.24, 2.45) is 0 Å². The number of nitrogens with one attached hydrogen (secondary N) is 1. The standard InChI is InChI=1S/C20H22F2N6O7S/c1-10-15(9-26(25-10)17(21)22)36(32,33)27-8-14(16-23-24-18(29)35-16)34-13-6-5-11(7-12(13)27)28(19(30)31)20(2,3)4/h5-7,9,14,17H,8H2,1-4H3,(H,24,29)(H,30,31)/t14-/m1/s1. The molecule has 1 aliphatic heterocycles. The summed E-state index contributed by atoms with van der Waals surface area (Å²) in [5.74, 6) is -1.13. The van der Waals surface area contributed by atoms with Crippen molar-refractivity contribution < 1.29 is 36.3 Å². The average Bonchev–Trinajstić information content (AvgIpc) is 3.38. The summed E-state index contributed by atoms with van der Waals surface area (Å²) in [6.45, 7) is 2.70. The lowest BCUT2D eigenvalue weighted by molar-refractivity contribution is 0.0561. The van der Waals surface area contributed by atoms with Crippen LogP contribution in [-0.2, 0) is 10.0 Å². The number of hydrogen-bond donors (Lipinski definition) is 2. The van der Waals surface area contributed by atoms with Gasteiger partial charge in [-0.1, -0.05) is 0 Å². The zero-order chi connectivity index (χ0) is 26.6. The third-order valence-electron chi connectivity index (χ3n) is 5.30. The minimum Gasteiger partial charge on any atom is -0.476 e. The highest BCUT2D eigenvalue weighted by molar-refractivity contribution is 7.92. The largest absolute Gasteiger partial charge is 0.476 e. The van der Waals surface area contributed by atoms with Gasteiger partial charge in [0.05, 0.1) is 29.8 Å². The van der Waals surface area contributed by atoms with E-state index in [0.717, 1.165) is 9.21 Å². The predicted molar refractivity (Wildman–Crippen MR) is 120 cm³/mol. The van der Waals surface area contributed by atoms with Gasteiger partial charge in [0.2, 0.25) is 0 Å². The van der Waals surface area contributed by atoms with Crippen LogP contribution in [0.1, 0.15) is 45.0 Å². The highest BCUT2D eigenvalue weighted by atomic mass is 32.2. The van der Waals surface area contributed by atoms with E-state index < -0.39 is 51.5 Å². The number of fused-ring (bicyclic) bond motifs is 1. The van der Waals surface area contributed by atoms with Crippen molar-refractivity contribution in [1.82, 2.24) is 20.0 Å². The van der Waals surface area contributed by atoms with Crippen molar-refractivity contribution in [3.05, 3.63) is 46.5 Å². The number of H-pyrrole nitrogens is 1. The SMILES string of the molecule is Cc1nn(C(F)F)cc1S(=O)(=O)N1C[C@H](c2n[nH]c(=O)o2)Oc2ccc(N(C(=O)O)C(C)(C)C)cc21. The molecule has 0 fully saturated rings. The van der Waals surface area contributed by atoms with Crippen LogP contribution in [-0.4, -0.2) is 51.7 Å². The smallest absolute Gasteiger partial charge is 0.434 e. The van der Waals surface area contributed by atoms with Crippen LogP contribution in [0.5, 0.6) is 5.75 Å². The first-order valence-corrected chi connectivity index (χ1v) is 11.9. The fourth-order valence-electron chi connectivity index (χ4n) is 3.84. The molecule has 13 nitrogen and oxygen atoms in total. The molecule has 0 spiro atoms. The summed E-state index contributed by atoms with van der Waals surface area (Å²) in [6.07, 6.45) is -1.75. The normalized spacial score (nSPS) is 16.1. The molecule has 0 saturated heterocycles. The van der Waals surface area contributed by atoms with Gasteiger partial charge in [-0.15, -0.1) is 5.10 Å². The quantitative estimate of drug-likeness (QED) is 0.507. The van der Waals surface area contributed by atoms with E-state index in [0.29, 0.717) is 6.20 Å². The fourth-order valence-corrected chi connectivity index (χ4v) is 5.46. The Morgan fingerprint density at radius 2 is 2.03 bits per heavy atom. The van der Waals surface area contributed by atoms with Gasteiger partial charge < -0.3 is 14.3 Å². The molecule has 0 bridgehead atoms. The highest BCUT2D eigenvalue weighted by Crippen LogP contribution is 2.43. The van der Waals surface area contributed by atoms with Crippen molar-refractivity contribution >= 4 is 27.5 Å². The zero-order valence-corrected chi connectivity index (χ0v) is 20.3. The molecule has 0 unspecified atom stereocenters. The van der Waals surface area contributed by atoms with Crippen molar-refractivity contribution in [3.63, 3.8) is 0 Å². The number of halogens is 2. The summed E-state index contributed by atoms with van der Waals surface area (Å²) in [6, 6.07) is 4.09. The van der Waals surface area contributed by atoms with E-state index >= 15 is 0 Å². The van der Waals surface area contributed by atoms with Crippen LogP contribution >= 0.6 is 0 Å². The van der Waals surface area contributed by atoms with Gasteiger partial charge in [-0.3, -0.25) is 9.21 Å². The third kappa shape index (κ3) is 4.38. The van der Waals surface area contributed by atoms with Crippen LogP contribution < -0.4 is 19.7 Å². The first-order valence-electron chi connectivity index (χ1n) is 10.5. The number of aromatic nitrogens is 4. The molecule has 3 aromatic rings. The van der Waals surface area contributed by atoms with Gasteiger partial charge in [0.1, 0.15) is 10.6 Å². The summed E-state index contributed by atoms with van der Waals surface area (Å²) in [4.78, 5) is 24.0. The van der Waals surface area contributed by atoms with Crippen LogP contribution in [0.25, 0.3) is 0 Å². The maximum absolute atomic E-state index is 13.7. The number of aryl methyl sites for hydroxylation is 1.